The number of rotatable bonds is 4. The third-order valence-corrected chi connectivity index (χ3v) is 4.46. The Morgan fingerprint density at radius 1 is 1.08 bits per heavy atom. The van der Waals surface area contributed by atoms with Gasteiger partial charge in [-0.15, -0.1) is 0 Å². The summed E-state index contributed by atoms with van der Waals surface area (Å²) in [4.78, 5) is 17.3. The van der Waals surface area contributed by atoms with Gasteiger partial charge in [0, 0.05) is 37.4 Å². The van der Waals surface area contributed by atoms with Crippen LogP contribution < -0.4 is 16.0 Å². The lowest BCUT2D eigenvalue weighted by Gasteiger charge is -2.36. The Morgan fingerprint density at radius 3 is 2.54 bits per heavy atom. The van der Waals surface area contributed by atoms with Gasteiger partial charge in [-0.2, -0.15) is 0 Å². The van der Waals surface area contributed by atoms with Crippen molar-refractivity contribution in [2.24, 2.45) is 0 Å². The van der Waals surface area contributed by atoms with E-state index in [-0.39, 0.29) is 5.91 Å². The van der Waals surface area contributed by atoms with Gasteiger partial charge < -0.3 is 20.9 Å². The third kappa shape index (κ3) is 3.68. The summed E-state index contributed by atoms with van der Waals surface area (Å²) in [6.45, 7) is 7.32. The van der Waals surface area contributed by atoms with E-state index in [4.69, 9.17) is 5.73 Å². The zero-order valence-electron chi connectivity index (χ0n) is 14.0. The first kappa shape index (κ1) is 16.3. The summed E-state index contributed by atoms with van der Waals surface area (Å²) in [5.74, 6) is -0.137. The number of benzene rings is 2. The van der Waals surface area contributed by atoms with Gasteiger partial charge in [-0.25, -0.2) is 0 Å². The van der Waals surface area contributed by atoms with E-state index >= 15 is 0 Å². The smallest absolute Gasteiger partial charge is 0.255 e. The molecular weight excluding hydrogens is 300 g/mol. The number of hydrogen-bond donors (Lipinski definition) is 2. The quantitative estimate of drug-likeness (QED) is 0.849. The van der Waals surface area contributed by atoms with Crippen molar-refractivity contribution >= 4 is 23.0 Å². The van der Waals surface area contributed by atoms with Crippen LogP contribution in [0.25, 0.3) is 0 Å². The maximum atomic E-state index is 12.5. The van der Waals surface area contributed by atoms with Crippen LogP contribution in [0, 0.1) is 0 Å². The van der Waals surface area contributed by atoms with Crippen LogP contribution >= 0.6 is 0 Å². The number of nitrogens with one attached hydrogen (secondary N) is 1. The Kier molecular flexibility index (Phi) is 5.01. The molecule has 0 saturated carbocycles. The second-order valence-corrected chi connectivity index (χ2v) is 6.02. The van der Waals surface area contributed by atoms with Crippen molar-refractivity contribution in [3.63, 3.8) is 0 Å². The molecule has 0 unspecified atom stereocenters. The molecule has 0 radical (unpaired) electrons. The van der Waals surface area contributed by atoms with Crippen molar-refractivity contribution in [1.82, 2.24) is 4.90 Å². The summed E-state index contributed by atoms with van der Waals surface area (Å²) >= 11 is 0. The topological polar surface area (TPSA) is 61.6 Å². The normalized spacial score (nSPS) is 15.3. The van der Waals surface area contributed by atoms with Gasteiger partial charge in [0.15, 0.2) is 0 Å². The molecule has 3 N–H and O–H groups in total. The number of likely N-dealkylation sites (N-methyl/N-ethyl adjacent to an activating group) is 1. The fourth-order valence-electron chi connectivity index (χ4n) is 3.03. The number of nitrogen functional groups attached to an aromatic ring is 1. The van der Waals surface area contributed by atoms with Gasteiger partial charge in [-0.3, -0.25) is 4.79 Å². The molecule has 2 aromatic rings. The number of piperazine rings is 1. The van der Waals surface area contributed by atoms with E-state index < -0.39 is 0 Å². The molecule has 0 atom stereocenters. The highest BCUT2D eigenvalue weighted by atomic mass is 16.1. The van der Waals surface area contributed by atoms with Crippen molar-refractivity contribution in [3.8, 4) is 0 Å². The number of nitrogens with zero attached hydrogens (tertiary/aromatic N) is 2. The first-order chi connectivity index (χ1) is 11.7. The Labute approximate surface area is 143 Å². The van der Waals surface area contributed by atoms with Crippen molar-refractivity contribution < 1.29 is 4.79 Å². The summed E-state index contributed by atoms with van der Waals surface area (Å²) in [6.07, 6.45) is 0. The average molecular weight is 324 g/mol. The number of anilines is 3. The van der Waals surface area contributed by atoms with E-state index in [0.717, 1.165) is 44.1 Å². The fraction of sp³-hybridized carbons (Fsp3) is 0.316. The Morgan fingerprint density at radius 2 is 1.83 bits per heavy atom. The van der Waals surface area contributed by atoms with E-state index in [1.54, 1.807) is 24.3 Å². The number of carbonyl (C=O) groups is 1. The first-order valence-corrected chi connectivity index (χ1v) is 8.40. The van der Waals surface area contributed by atoms with Crippen LogP contribution in [0.1, 0.15) is 17.3 Å². The zero-order chi connectivity index (χ0) is 16.9. The minimum Gasteiger partial charge on any atom is -0.399 e. The van der Waals surface area contributed by atoms with E-state index in [1.165, 1.54) is 0 Å². The molecule has 0 bridgehead atoms. The molecular formula is C19H24N4O. The maximum absolute atomic E-state index is 12.5. The van der Waals surface area contributed by atoms with Gasteiger partial charge in [0.2, 0.25) is 0 Å². The predicted octanol–water partition coefficient (Wildman–Crippen LogP) is 2.66. The number of hydrogen-bond acceptors (Lipinski definition) is 4. The van der Waals surface area contributed by atoms with Gasteiger partial charge in [-0.1, -0.05) is 25.1 Å². The molecule has 2 aromatic carbocycles. The van der Waals surface area contributed by atoms with Gasteiger partial charge in [0.1, 0.15) is 0 Å². The van der Waals surface area contributed by atoms with E-state index in [1.807, 2.05) is 18.2 Å². The minimum atomic E-state index is -0.137. The van der Waals surface area contributed by atoms with E-state index in [9.17, 15) is 4.79 Å². The molecule has 1 heterocycles. The van der Waals surface area contributed by atoms with Crippen LogP contribution in [0.5, 0.6) is 0 Å². The lowest BCUT2D eigenvalue weighted by atomic mass is 10.1. The molecule has 1 amide bonds. The van der Waals surface area contributed by atoms with Gasteiger partial charge in [0.05, 0.1) is 11.4 Å². The van der Waals surface area contributed by atoms with Gasteiger partial charge >= 0.3 is 0 Å². The van der Waals surface area contributed by atoms with Crippen molar-refractivity contribution in [2.75, 3.05) is 48.7 Å². The Balaban J connectivity index is 1.76. The number of nitrogens with two attached hydrogens (primary N) is 1. The molecule has 0 aliphatic carbocycles. The molecule has 5 heteroatoms. The highest BCUT2D eigenvalue weighted by Crippen LogP contribution is 2.27. The second kappa shape index (κ2) is 7.36. The SMILES string of the molecule is CCN1CCN(c2ccccc2NC(=O)c2cccc(N)c2)CC1. The largest absolute Gasteiger partial charge is 0.399 e. The fourth-order valence-corrected chi connectivity index (χ4v) is 3.03. The van der Waals surface area contributed by atoms with Crippen LogP contribution in [-0.2, 0) is 0 Å². The van der Waals surface area contributed by atoms with Crippen molar-refractivity contribution in [2.45, 2.75) is 6.92 Å². The molecule has 24 heavy (non-hydrogen) atoms. The van der Waals surface area contributed by atoms with Gasteiger partial charge in [0.25, 0.3) is 5.91 Å². The highest BCUT2D eigenvalue weighted by Gasteiger charge is 2.19. The minimum absolute atomic E-state index is 0.137. The summed E-state index contributed by atoms with van der Waals surface area (Å²) in [5.41, 5.74) is 8.85. The molecule has 0 spiro atoms. The first-order valence-electron chi connectivity index (χ1n) is 8.40. The second-order valence-electron chi connectivity index (χ2n) is 6.02. The van der Waals surface area contributed by atoms with Crippen LogP contribution in [-0.4, -0.2) is 43.5 Å². The lowest BCUT2D eigenvalue weighted by Crippen LogP contribution is -2.46. The standard InChI is InChI=1S/C19H24N4O/c1-2-22-10-12-23(13-11-22)18-9-4-3-8-17(18)21-19(24)15-6-5-7-16(20)14-15/h3-9,14H,2,10-13,20H2,1H3,(H,21,24). The molecule has 1 saturated heterocycles. The monoisotopic (exact) mass is 324 g/mol. The highest BCUT2D eigenvalue weighted by molar-refractivity contribution is 6.06. The van der Waals surface area contributed by atoms with Gasteiger partial charge in [-0.05, 0) is 36.9 Å². The van der Waals surface area contributed by atoms with Crippen LogP contribution in [0.3, 0.4) is 0 Å². The summed E-state index contributed by atoms with van der Waals surface area (Å²) in [7, 11) is 0. The molecule has 3 rings (SSSR count). The maximum Gasteiger partial charge on any atom is 0.255 e. The number of amides is 1. The predicted molar refractivity (Wildman–Crippen MR) is 99.6 cm³/mol. The summed E-state index contributed by atoms with van der Waals surface area (Å²) < 4.78 is 0. The Bertz CT molecular complexity index is 708. The number of para-hydroxylation sites is 2. The van der Waals surface area contributed by atoms with Crippen LogP contribution in [0.15, 0.2) is 48.5 Å². The van der Waals surface area contributed by atoms with Crippen LogP contribution in [0.4, 0.5) is 17.1 Å². The molecule has 0 aromatic heterocycles. The van der Waals surface area contributed by atoms with E-state index in [0.29, 0.717) is 11.3 Å². The number of carbonyl (C=O) groups excluding carboxylic acids is 1. The summed E-state index contributed by atoms with van der Waals surface area (Å²) in [5, 5.41) is 3.03. The van der Waals surface area contributed by atoms with Crippen molar-refractivity contribution in [1.29, 1.82) is 0 Å². The molecule has 1 aliphatic heterocycles. The molecule has 1 aliphatic rings. The molecule has 1 fully saturated rings. The summed E-state index contributed by atoms with van der Waals surface area (Å²) in [6, 6.07) is 15.0. The average Bonchev–Trinajstić information content (AvgIpc) is 2.62. The Hall–Kier alpha value is -2.53. The van der Waals surface area contributed by atoms with Crippen molar-refractivity contribution in [3.05, 3.63) is 54.1 Å². The lowest BCUT2D eigenvalue weighted by molar-refractivity contribution is 0.102. The van der Waals surface area contributed by atoms with E-state index in [2.05, 4.69) is 28.1 Å². The molecule has 126 valence electrons. The zero-order valence-corrected chi connectivity index (χ0v) is 14.0. The molecule has 5 nitrogen and oxygen atoms in total. The third-order valence-electron chi connectivity index (χ3n) is 4.46. The van der Waals surface area contributed by atoms with Crippen LogP contribution in [0.2, 0.25) is 0 Å².